The van der Waals surface area contributed by atoms with Gasteiger partial charge in [-0.15, -0.1) is 10.2 Å². The van der Waals surface area contributed by atoms with E-state index in [0.717, 1.165) is 19.4 Å². The molecule has 0 aromatic carbocycles. The maximum atomic E-state index is 12.3. The zero-order valence-corrected chi connectivity index (χ0v) is 11.4. The van der Waals surface area contributed by atoms with Crippen molar-refractivity contribution in [1.82, 2.24) is 15.1 Å². The van der Waals surface area contributed by atoms with Crippen LogP contribution in [0.4, 0.5) is 5.82 Å². The molecule has 6 nitrogen and oxygen atoms in total. The van der Waals surface area contributed by atoms with E-state index in [-0.39, 0.29) is 12.0 Å². The predicted octanol–water partition coefficient (Wildman–Crippen LogP) is 1.16. The van der Waals surface area contributed by atoms with Crippen LogP contribution in [0.3, 0.4) is 0 Å². The van der Waals surface area contributed by atoms with Gasteiger partial charge in [-0.25, -0.2) is 0 Å². The van der Waals surface area contributed by atoms with Crippen molar-refractivity contribution in [2.45, 2.75) is 25.9 Å². The number of carbonyl (C=O) groups is 1. The molecule has 1 aliphatic rings. The van der Waals surface area contributed by atoms with E-state index in [0.29, 0.717) is 24.6 Å². The van der Waals surface area contributed by atoms with E-state index in [1.54, 1.807) is 24.1 Å². The van der Waals surface area contributed by atoms with E-state index in [9.17, 15) is 4.79 Å². The van der Waals surface area contributed by atoms with Gasteiger partial charge in [-0.2, -0.15) is 0 Å². The molecule has 1 unspecified atom stereocenters. The molecule has 0 aliphatic carbocycles. The average molecular weight is 264 g/mol. The molecule has 1 N–H and O–H groups in total. The standard InChI is InChI=1S/C13H20N4O2/c1-3-17(9-10-5-4-8-19-10)13(18)11-6-7-12(14-2)16-15-11/h6-7,10H,3-5,8-9H2,1-2H3,(H,14,16). The summed E-state index contributed by atoms with van der Waals surface area (Å²) in [5, 5.41) is 10.8. The van der Waals surface area contributed by atoms with Crippen molar-refractivity contribution >= 4 is 11.7 Å². The minimum Gasteiger partial charge on any atom is -0.376 e. The van der Waals surface area contributed by atoms with E-state index >= 15 is 0 Å². The summed E-state index contributed by atoms with van der Waals surface area (Å²) in [7, 11) is 1.77. The third-order valence-electron chi connectivity index (χ3n) is 3.26. The topological polar surface area (TPSA) is 67.3 Å². The summed E-state index contributed by atoms with van der Waals surface area (Å²) in [6.07, 6.45) is 2.26. The number of amides is 1. The van der Waals surface area contributed by atoms with E-state index in [2.05, 4.69) is 15.5 Å². The third-order valence-corrected chi connectivity index (χ3v) is 3.26. The smallest absolute Gasteiger partial charge is 0.274 e. The van der Waals surface area contributed by atoms with Gasteiger partial charge >= 0.3 is 0 Å². The molecule has 1 fully saturated rings. The number of carbonyl (C=O) groups excluding carboxylic acids is 1. The van der Waals surface area contributed by atoms with Gasteiger partial charge in [-0.3, -0.25) is 4.79 Å². The molecule has 1 aliphatic heterocycles. The quantitative estimate of drug-likeness (QED) is 0.864. The van der Waals surface area contributed by atoms with Crippen molar-refractivity contribution in [2.24, 2.45) is 0 Å². The van der Waals surface area contributed by atoms with Gasteiger partial charge in [-0.1, -0.05) is 0 Å². The Morgan fingerprint density at radius 3 is 2.89 bits per heavy atom. The van der Waals surface area contributed by atoms with Gasteiger partial charge in [0.1, 0.15) is 5.82 Å². The van der Waals surface area contributed by atoms with E-state index < -0.39 is 0 Å². The number of aromatic nitrogens is 2. The lowest BCUT2D eigenvalue weighted by Gasteiger charge is -2.23. The Kier molecular flexibility index (Phi) is 4.68. The number of anilines is 1. The predicted molar refractivity (Wildman–Crippen MR) is 72.1 cm³/mol. The minimum absolute atomic E-state index is 0.0897. The molecule has 104 valence electrons. The molecule has 0 spiro atoms. The minimum atomic E-state index is -0.0897. The van der Waals surface area contributed by atoms with Crippen molar-refractivity contribution < 1.29 is 9.53 Å². The Bertz CT molecular complexity index is 415. The van der Waals surface area contributed by atoms with Crippen molar-refractivity contribution in [1.29, 1.82) is 0 Å². The fourth-order valence-electron chi connectivity index (χ4n) is 2.13. The third kappa shape index (κ3) is 3.41. The van der Waals surface area contributed by atoms with E-state index in [1.807, 2.05) is 6.92 Å². The highest BCUT2D eigenvalue weighted by Crippen LogP contribution is 2.14. The lowest BCUT2D eigenvalue weighted by molar-refractivity contribution is 0.0534. The first-order chi connectivity index (χ1) is 9.24. The zero-order chi connectivity index (χ0) is 13.7. The summed E-state index contributed by atoms with van der Waals surface area (Å²) in [5.74, 6) is 0.562. The second-order valence-electron chi connectivity index (χ2n) is 4.53. The zero-order valence-electron chi connectivity index (χ0n) is 11.4. The molecule has 1 atom stereocenters. The van der Waals surface area contributed by atoms with E-state index in [4.69, 9.17) is 4.74 Å². The molecule has 0 bridgehead atoms. The highest BCUT2D eigenvalue weighted by molar-refractivity contribution is 5.92. The monoisotopic (exact) mass is 264 g/mol. The van der Waals surface area contributed by atoms with Crippen LogP contribution in [0, 0.1) is 0 Å². The Morgan fingerprint density at radius 2 is 2.37 bits per heavy atom. The maximum Gasteiger partial charge on any atom is 0.274 e. The number of ether oxygens (including phenoxy) is 1. The number of hydrogen-bond acceptors (Lipinski definition) is 5. The molecule has 19 heavy (non-hydrogen) atoms. The molecule has 2 heterocycles. The Morgan fingerprint density at radius 1 is 1.53 bits per heavy atom. The van der Waals surface area contributed by atoms with Crippen LogP contribution in [0.2, 0.25) is 0 Å². The summed E-state index contributed by atoms with van der Waals surface area (Å²) in [4.78, 5) is 14.1. The van der Waals surface area contributed by atoms with Crippen molar-refractivity contribution in [3.63, 3.8) is 0 Å². The normalized spacial score (nSPS) is 18.3. The van der Waals surface area contributed by atoms with Gasteiger partial charge < -0.3 is 15.0 Å². The fourth-order valence-corrected chi connectivity index (χ4v) is 2.13. The highest BCUT2D eigenvalue weighted by Gasteiger charge is 2.23. The molecule has 1 amide bonds. The van der Waals surface area contributed by atoms with Crippen LogP contribution in [0.1, 0.15) is 30.3 Å². The van der Waals surface area contributed by atoms with Gasteiger partial charge in [0.25, 0.3) is 5.91 Å². The largest absolute Gasteiger partial charge is 0.376 e. The van der Waals surface area contributed by atoms with Crippen LogP contribution in [0.25, 0.3) is 0 Å². The van der Waals surface area contributed by atoms with Crippen LogP contribution in [0.15, 0.2) is 12.1 Å². The molecule has 1 aromatic rings. The Labute approximate surface area is 113 Å². The average Bonchev–Trinajstić information content (AvgIpc) is 2.97. The van der Waals surface area contributed by atoms with Crippen LogP contribution < -0.4 is 5.32 Å². The summed E-state index contributed by atoms with van der Waals surface area (Å²) >= 11 is 0. The van der Waals surface area contributed by atoms with Gasteiger partial charge in [0.05, 0.1) is 6.10 Å². The number of hydrogen-bond donors (Lipinski definition) is 1. The molecule has 1 aromatic heterocycles. The molecular formula is C13H20N4O2. The fraction of sp³-hybridized carbons (Fsp3) is 0.615. The van der Waals surface area contributed by atoms with Gasteiger partial charge in [0.15, 0.2) is 5.69 Å². The molecule has 6 heteroatoms. The molecule has 2 rings (SSSR count). The number of nitrogens with zero attached hydrogens (tertiary/aromatic N) is 3. The van der Waals surface area contributed by atoms with Crippen LogP contribution >= 0.6 is 0 Å². The van der Waals surface area contributed by atoms with Crippen LogP contribution in [0.5, 0.6) is 0 Å². The summed E-state index contributed by atoms with van der Waals surface area (Å²) in [5.41, 5.74) is 0.374. The first-order valence-corrected chi connectivity index (χ1v) is 6.67. The second-order valence-corrected chi connectivity index (χ2v) is 4.53. The van der Waals surface area contributed by atoms with Gasteiger partial charge in [0.2, 0.25) is 0 Å². The summed E-state index contributed by atoms with van der Waals surface area (Å²) in [6.45, 7) is 4.04. The summed E-state index contributed by atoms with van der Waals surface area (Å²) < 4.78 is 5.57. The SMILES string of the molecule is CCN(CC1CCCO1)C(=O)c1ccc(NC)nn1. The van der Waals surface area contributed by atoms with Crippen LogP contribution in [-0.4, -0.2) is 53.9 Å². The molecular weight excluding hydrogens is 244 g/mol. The van der Waals surface area contributed by atoms with Gasteiger partial charge in [-0.05, 0) is 31.9 Å². The lowest BCUT2D eigenvalue weighted by atomic mass is 10.2. The van der Waals surface area contributed by atoms with Crippen LogP contribution in [-0.2, 0) is 4.74 Å². The first kappa shape index (κ1) is 13.7. The Hall–Kier alpha value is -1.69. The van der Waals surface area contributed by atoms with Crippen molar-refractivity contribution in [2.75, 3.05) is 32.1 Å². The maximum absolute atomic E-state index is 12.3. The first-order valence-electron chi connectivity index (χ1n) is 6.67. The molecule has 1 saturated heterocycles. The second kappa shape index (κ2) is 6.47. The number of nitrogens with one attached hydrogen (secondary N) is 1. The number of likely N-dealkylation sites (N-methyl/N-ethyl adjacent to an activating group) is 1. The summed E-state index contributed by atoms with van der Waals surface area (Å²) in [6, 6.07) is 3.44. The number of rotatable bonds is 5. The Balaban J connectivity index is 2.01. The molecule has 0 saturated carbocycles. The molecule has 0 radical (unpaired) electrons. The lowest BCUT2D eigenvalue weighted by Crippen LogP contribution is -2.37. The van der Waals surface area contributed by atoms with Crippen molar-refractivity contribution in [3.8, 4) is 0 Å². The highest BCUT2D eigenvalue weighted by atomic mass is 16.5. The van der Waals surface area contributed by atoms with Gasteiger partial charge in [0, 0.05) is 26.7 Å². The van der Waals surface area contributed by atoms with E-state index in [1.165, 1.54) is 0 Å². The van der Waals surface area contributed by atoms with Crippen molar-refractivity contribution in [3.05, 3.63) is 17.8 Å².